The van der Waals surface area contributed by atoms with E-state index in [0.29, 0.717) is 12.4 Å². The van der Waals surface area contributed by atoms with E-state index in [1.54, 1.807) is 6.92 Å². The van der Waals surface area contributed by atoms with E-state index in [2.05, 4.69) is 31.3 Å². The summed E-state index contributed by atoms with van der Waals surface area (Å²) in [6, 6.07) is 9.12. The Bertz CT molecular complexity index is 483. The number of nitrogens with one attached hydrogen (secondary N) is 3. The summed E-state index contributed by atoms with van der Waals surface area (Å²) < 4.78 is 0. The molecule has 0 fully saturated rings. The normalized spacial score (nSPS) is 11.8. The van der Waals surface area contributed by atoms with Gasteiger partial charge in [-0.05, 0) is 12.5 Å². The second-order valence-electron chi connectivity index (χ2n) is 3.80. The summed E-state index contributed by atoms with van der Waals surface area (Å²) in [5, 5.41) is 18.8. The molecule has 3 N–H and O–H groups in total. The van der Waals surface area contributed by atoms with Crippen LogP contribution >= 0.6 is 0 Å². The lowest BCUT2D eigenvalue weighted by Crippen LogP contribution is -2.37. The van der Waals surface area contributed by atoms with E-state index in [1.165, 1.54) is 0 Å². The molecule has 0 aliphatic carbocycles. The van der Waals surface area contributed by atoms with Gasteiger partial charge >= 0.3 is 6.03 Å². The van der Waals surface area contributed by atoms with Crippen LogP contribution in [0.3, 0.4) is 0 Å². The standard InChI is InChI=1S/C11H14N6O/c1-8(10-14-16-17-15-10)13-11(18)12-7-9-5-3-2-4-6-9/h2-6,8H,7H2,1H3,(H2,12,13,18)(H,14,15,16,17). The maximum atomic E-state index is 11.6. The summed E-state index contributed by atoms with van der Waals surface area (Å²) in [6.45, 7) is 2.26. The molecule has 2 rings (SSSR count). The lowest BCUT2D eigenvalue weighted by molar-refractivity contribution is 0.237. The van der Waals surface area contributed by atoms with Gasteiger partial charge in [-0.25, -0.2) is 4.79 Å². The number of urea groups is 1. The van der Waals surface area contributed by atoms with Gasteiger partial charge in [-0.1, -0.05) is 35.5 Å². The number of carbonyl (C=O) groups is 1. The highest BCUT2D eigenvalue weighted by Gasteiger charge is 2.12. The highest BCUT2D eigenvalue weighted by molar-refractivity contribution is 5.74. The molecule has 0 spiro atoms. The van der Waals surface area contributed by atoms with Gasteiger partial charge in [-0.15, -0.1) is 10.2 Å². The van der Waals surface area contributed by atoms with Crippen LogP contribution in [0.4, 0.5) is 4.79 Å². The van der Waals surface area contributed by atoms with Gasteiger partial charge in [-0.2, -0.15) is 5.21 Å². The Morgan fingerprint density at radius 3 is 2.83 bits per heavy atom. The third-order valence-corrected chi connectivity index (χ3v) is 2.39. The number of hydrogen-bond donors (Lipinski definition) is 3. The number of H-pyrrole nitrogens is 1. The molecule has 0 aliphatic rings. The van der Waals surface area contributed by atoms with Gasteiger partial charge in [0, 0.05) is 6.54 Å². The molecule has 2 amide bonds. The van der Waals surface area contributed by atoms with Crippen molar-refractivity contribution in [2.24, 2.45) is 0 Å². The largest absolute Gasteiger partial charge is 0.334 e. The van der Waals surface area contributed by atoms with Crippen molar-refractivity contribution in [3.05, 3.63) is 41.7 Å². The van der Waals surface area contributed by atoms with E-state index >= 15 is 0 Å². The molecular formula is C11H14N6O. The fourth-order valence-electron chi connectivity index (χ4n) is 1.44. The van der Waals surface area contributed by atoms with E-state index in [4.69, 9.17) is 0 Å². The summed E-state index contributed by atoms with van der Waals surface area (Å²) in [6.07, 6.45) is 0. The highest BCUT2D eigenvalue weighted by Crippen LogP contribution is 2.02. The molecule has 1 atom stereocenters. The van der Waals surface area contributed by atoms with Crippen molar-refractivity contribution >= 4 is 6.03 Å². The third kappa shape index (κ3) is 3.27. The number of aromatic amines is 1. The predicted octanol–water partition coefficient (Wildman–Crippen LogP) is 0.760. The SMILES string of the molecule is CC(NC(=O)NCc1ccccc1)c1nn[nH]n1. The third-order valence-electron chi connectivity index (χ3n) is 2.39. The Morgan fingerprint density at radius 1 is 1.39 bits per heavy atom. The van der Waals surface area contributed by atoms with E-state index in [9.17, 15) is 4.79 Å². The maximum absolute atomic E-state index is 11.6. The smallest absolute Gasteiger partial charge is 0.315 e. The molecule has 0 aliphatic heterocycles. The summed E-state index contributed by atoms with van der Waals surface area (Å²) >= 11 is 0. The summed E-state index contributed by atoms with van der Waals surface area (Å²) in [5.74, 6) is 0.449. The van der Waals surface area contributed by atoms with Gasteiger partial charge < -0.3 is 10.6 Å². The van der Waals surface area contributed by atoms with Crippen molar-refractivity contribution < 1.29 is 4.79 Å². The fourth-order valence-corrected chi connectivity index (χ4v) is 1.44. The molecule has 1 unspecified atom stereocenters. The van der Waals surface area contributed by atoms with E-state index in [0.717, 1.165) is 5.56 Å². The summed E-state index contributed by atoms with van der Waals surface area (Å²) in [7, 11) is 0. The minimum absolute atomic E-state index is 0.267. The minimum atomic E-state index is -0.292. The molecule has 7 nitrogen and oxygen atoms in total. The molecule has 0 radical (unpaired) electrons. The number of tetrazole rings is 1. The number of benzene rings is 1. The number of hydrogen-bond acceptors (Lipinski definition) is 4. The number of aromatic nitrogens is 4. The Kier molecular flexibility index (Phi) is 3.85. The van der Waals surface area contributed by atoms with Crippen molar-refractivity contribution in [1.29, 1.82) is 0 Å². The number of amides is 2. The molecule has 94 valence electrons. The predicted molar refractivity (Wildman–Crippen MR) is 64.4 cm³/mol. The maximum Gasteiger partial charge on any atom is 0.315 e. The van der Waals surface area contributed by atoms with Gasteiger partial charge in [0.05, 0.1) is 6.04 Å². The van der Waals surface area contributed by atoms with Crippen LogP contribution in [0.15, 0.2) is 30.3 Å². The second-order valence-corrected chi connectivity index (χ2v) is 3.80. The van der Waals surface area contributed by atoms with Crippen LogP contribution in [0.2, 0.25) is 0 Å². The first kappa shape index (κ1) is 12.0. The van der Waals surface area contributed by atoms with Crippen molar-refractivity contribution in [2.75, 3.05) is 0 Å². The van der Waals surface area contributed by atoms with Crippen LogP contribution in [0.1, 0.15) is 24.4 Å². The fraction of sp³-hybridized carbons (Fsp3) is 0.273. The van der Waals surface area contributed by atoms with E-state index in [-0.39, 0.29) is 12.1 Å². The van der Waals surface area contributed by atoms with Crippen LogP contribution in [-0.4, -0.2) is 26.7 Å². The molecule has 1 aromatic heterocycles. The molecule has 18 heavy (non-hydrogen) atoms. The van der Waals surface area contributed by atoms with E-state index < -0.39 is 0 Å². The topological polar surface area (TPSA) is 95.6 Å². The van der Waals surface area contributed by atoms with Gasteiger partial charge in [-0.3, -0.25) is 0 Å². The van der Waals surface area contributed by atoms with Crippen molar-refractivity contribution in [1.82, 2.24) is 31.3 Å². The quantitative estimate of drug-likeness (QED) is 0.742. The first-order valence-corrected chi connectivity index (χ1v) is 5.57. The molecular weight excluding hydrogens is 232 g/mol. The van der Waals surface area contributed by atoms with Crippen LogP contribution in [0, 0.1) is 0 Å². The monoisotopic (exact) mass is 246 g/mol. The van der Waals surface area contributed by atoms with Gasteiger partial charge in [0.1, 0.15) is 0 Å². The average molecular weight is 246 g/mol. The molecule has 1 aromatic carbocycles. The number of carbonyl (C=O) groups excluding carboxylic acids is 1. The molecule has 0 bridgehead atoms. The Balaban J connectivity index is 1.79. The minimum Gasteiger partial charge on any atom is -0.334 e. The first-order valence-electron chi connectivity index (χ1n) is 5.57. The summed E-state index contributed by atoms with van der Waals surface area (Å²) in [4.78, 5) is 11.6. The average Bonchev–Trinajstić information content (AvgIpc) is 2.91. The van der Waals surface area contributed by atoms with Crippen LogP contribution in [-0.2, 0) is 6.54 Å². The zero-order valence-corrected chi connectivity index (χ0v) is 9.92. The van der Waals surface area contributed by atoms with Crippen LogP contribution in [0.25, 0.3) is 0 Å². The number of nitrogens with zero attached hydrogens (tertiary/aromatic N) is 3. The highest BCUT2D eigenvalue weighted by atomic mass is 16.2. The van der Waals surface area contributed by atoms with E-state index in [1.807, 2.05) is 30.3 Å². The number of rotatable bonds is 4. The van der Waals surface area contributed by atoms with Crippen LogP contribution < -0.4 is 10.6 Å². The Hall–Kier alpha value is -2.44. The Labute approximate surface area is 104 Å². The zero-order valence-electron chi connectivity index (χ0n) is 9.92. The van der Waals surface area contributed by atoms with Gasteiger partial charge in [0.15, 0.2) is 5.82 Å². The first-order chi connectivity index (χ1) is 8.75. The molecule has 7 heteroatoms. The van der Waals surface area contributed by atoms with Gasteiger partial charge in [0.2, 0.25) is 0 Å². The molecule has 0 saturated heterocycles. The Morgan fingerprint density at radius 2 is 2.17 bits per heavy atom. The summed E-state index contributed by atoms with van der Waals surface area (Å²) in [5.41, 5.74) is 1.04. The lowest BCUT2D eigenvalue weighted by Gasteiger charge is -2.11. The van der Waals surface area contributed by atoms with Crippen molar-refractivity contribution in [3.63, 3.8) is 0 Å². The van der Waals surface area contributed by atoms with Crippen molar-refractivity contribution in [2.45, 2.75) is 19.5 Å². The molecule has 0 saturated carbocycles. The van der Waals surface area contributed by atoms with Gasteiger partial charge in [0.25, 0.3) is 0 Å². The zero-order chi connectivity index (χ0) is 12.8. The van der Waals surface area contributed by atoms with Crippen molar-refractivity contribution in [3.8, 4) is 0 Å². The lowest BCUT2D eigenvalue weighted by atomic mass is 10.2. The second kappa shape index (κ2) is 5.76. The molecule has 2 aromatic rings. The van der Waals surface area contributed by atoms with Crippen LogP contribution in [0.5, 0.6) is 0 Å². The molecule has 1 heterocycles.